The summed E-state index contributed by atoms with van der Waals surface area (Å²) in [6.45, 7) is 7.61. The van der Waals surface area contributed by atoms with Gasteiger partial charge >= 0.3 is 0 Å². The van der Waals surface area contributed by atoms with E-state index < -0.39 is 0 Å². The summed E-state index contributed by atoms with van der Waals surface area (Å²) < 4.78 is 0. The van der Waals surface area contributed by atoms with Crippen LogP contribution in [-0.2, 0) is 0 Å². The smallest absolute Gasteiger partial charge is 0.138 e. The molecule has 1 aliphatic carbocycles. The number of rotatable bonds is 4. The zero-order valence-corrected chi connectivity index (χ0v) is 12.9. The molecule has 1 aliphatic rings. The summed E-state index contributed by atoms with van der Waals surface area (Å²) in [5.74, 6) is 2.80. The maximum atomic E-state index is 6.18. The first-order valence-corrected chi connectivity index (χ1v) is 7.71. The molecule has 0 radical (unpaired) electrons. The van der Waals surface area contributed by atoms with Gasteiger partial charge in [-0.15, -0.1) is 0 Å². The highest BCUT2D eigenvalue weighted by Gasteiger charge is 2.22. The molecule has 1 fully saturated rings. The van der Waals surface area contributed by atoms with Crippen LogP contribution in [0.4, 0.5) is 5.82 Å². The van der Waals surface area contributed by atoms with Gasteiger partial charge < -0.3 is 5.32 Å². The average Bonchev–Trinajstić information content (AvgIpc) is 2.37. The zero-order chi connectivity index (χ0) is 13.8. The van der Waals surface area contributed by atoms with E-state index >= 15 is 0 Å². The third-order valence-corrected chi connectivity index (χ3v) is 4.53. The molecule has 2 unspecified atom stereocenters. The molecule has 1 aromatic heterocycles. The molecule has 3 nitrogen and oxygen atoms in total. The first kappa shape index (κ1) is 14.6. The van der Waals surface area contributed by atoms with Gasteiger partial charge in [-0.1, -0.05) is 51.6 Å². The Balaban J connectivity index is 2.05. The molecule has 4 heteroatoms. The summed E-state index contributed by atoms with van der Waals surface area (Å²) in [5.41, 5.74) is 1.03. The zero-order valence-electron chi connectivity index (χ0n) is 12.1. The van der Waals surface area contributed by atoms with Gasteiger partial charge in [0.25, 0.3) is 0 Å². The van der Waals surface area contributed by atoms with Crippen LogP contribution in [0.5, 0.6) is 0 Å². The molecule has 106 valence electrons. The van der Waals surface area contributed by atoms with Crippen LogP contribution in [-0.4, -0.2) is 16.5 Å². The van der Waals surface area contributed by atoms with Gasteiger partial charge in [0, 0.05) is 12.1 Å². The van der Waals surface area contributed by atoms with E-state index in [1.807, 2.05) is 0 Å². The molecule has 1 saturated carbocycles. The van der Waals surface area contributed by atoms with E-state index in [1.165, 1.54) is 25.7 Å². The number of anilines is 1. The van der Waals surface area contributed by atoms with E-state index in [0.717, 1.165) is 29.8 Å². The van der Waals surface area contributed by atoms with Crippen molar-refractivity contribution in [3.05, 3.63) is 17.0 Å². The van der Waals surface area contributed by atoms with Gasteiger partial charge in [0.2, 0.25) is 0 Å². The molecule has 0 saturated heterocycles. The summed E-state index contributed by atoms with van der Waals surface area (Å²) in [7, 11) is 0. The van der Waals surface area contributed by atoms with Gasteiger partial charge in [0.05, 0.1) is 0 Å². The standard InChI is InChI=1S/C15H24ClN3/c1-10(2)13-14(16)18-9-19-15(13)17-8-12-7-5-4-6-11(12)3/h9-12H,4-8H2,1-3H3,(H,17,18,19). The molecule has 0 spiro atoms. The number of hydrogen-bond acceptors (Lipinski definition) is 3. The number of nitrogens with zero attached hydrogens (tertiary/aromatic N) is 2. The fraction of sp³-hybridized carbons (Fsp3) is 0.733. The van der Waals surface area contributed by atoms with Crippen molar-refractivity contribution in [3.8, 4) is 0 Å². The predicted molar refractivity (Wildman–Crippen MR) is 80.7 cm³/mol. The minimum Gasteiger partial charge on any atom is -0.369 e. The number of halogens is 1. The van der Waals surface area contributed by atoms with Crippen LogP contribution < -0.4 is 5.32 Å². The van der Waals surface area contributed by atoms with Crippen LogP contribution in [0.2, 0.25) is 5.15 Å². The number of aromatic nitrogens is 2. The minimum atomic E-state index is 0.333. The van der Waals surface area contributed by atoms with E-state index in [4.69, 9.17) is 11.6 Å². The van der Waals surface area contributed by atoms with Crippen molar-refractivity contribution < 1.29 is 0 Å². The Kier molecular flexibility index (Phi) is 5.03. The maximum Gasteiger partial charge on any atom is 0.138 e. The molecule has 1 N–H and O–H groups in total. The van der Waals surface area contributed by atoms with Gasteiger partial charge in [0.1, 0.15) is 17.3 Å². The van der Waals surface area contributed by atoms with Crippen LogP contribution in [0.3, 0.4) is 0 Å². The molecule has 1 heterocycles. The fourth-order valence-electron chi connectivity index (χ4n) is 2.95. The van der Waals surface area contributed by atoms with Crippen molar-refractivity contribution in [2.24, 2.45) is 11.8 Å². The molecule has 0 bridgehead atoms. The van der Waals surface area contributed by atoms with Gasteiger partial charge in [-0.05, 0) is 24.2 Å². The molecule has 2 atom stereocenters. The SMILES string of the molecule is CC(C)c1c(Cl)ncnc1NCC1CCCCC1C. The summed E-state index contributed by atoms with van der Waals surface area (Å²) in [6, 6.07) is 0. The topological polar surface area (TPSA) is 37.8 Å². The third-order valence-electron chi connectivity index (χ3n) is 4.23. The first-order valence-electron chi connectivity index (χ1n) is 7.33. The monoisotopic (exact) mass is 281 g/mol. The van der Waals surface area contributed by atoms with Gasteiger partial charge in [0.15, 0.2) is 0 Å². The molecule has 0 aliphatic heterocycles. The largest absolute Gasteiger partial charge is 0.369 e. The molecular weight excluding hydrogens is 258 g/mol. The van der Waals surface area contributed by atoms with Crippen LogP contribution in [0.25, 0.3) is 0 Å². The molecule has 2 rings (SSSR count). The lowest BCUT2D eigenvalue weighted by atomic mass is 9.80. The molecular formula is C15H24ClN3. The lowest BCUT2D eigenvalue weighted by Gasteiger charge is -2.29. The van der Waals surface area contributed by atoms with E-state index in [-0.39, 0.29) is 0 Å². The maximum absolute atomic E-state index is 6.18. The second kappa shape index (κ2) is 6.56. The quantitative estimate of drug-likeness (QED) is 0.826. The van der Waals surface area contributed by atoms with Crippen LogP contribution >= 0.6 is 11.6 Å². The molecule has 0 amide bonds. The van der Waals surface area contributed by atoms with E-state index in [1.54, 1.807) is 6.33 Å². The van der Waals surface area contributed by atoms with Crippen LogP contribution in [0, 0.1) is 11.8 Å². The Hall–Kier alpha value is -0.830. The molecule has 19 heavy (non-hydrogen) atoms. The van der Waals surface area contributed by atoms with Crippen LogP contribution in [0.1, 0.15) is 57.9 Å². The average molecular weight is 282 g/mol. The summed E-state index contributed by atoms with van der Waals surface area (Å²) in [5, 5.41) is 4.07. The summed E-state index contributed by atoms with van der Waals surface area (Å²) in [6.07, 6.45) is 6.96. The first-order chi connectivity index (χ1) is 9.09. The second-order valence-corrected chi connectivity index (χ2v) is 6.34. The van der Waals surface area contributed by atoms with Crippen molar-refractivity contribution in [1.29, 1.82) is 0 Å². The summed E-state index contributed by atoms with van der Waals surface area (Å²) >= 11 is 6.18. The fourth-order valence-corrected chi connectivity index (χ4v) is 3.30. The molecule has 1 aromatic rings. The minimum absolute atomic E-state index is 0.333. The summed E-state index contributed by atoms with van der Waals surface area (Å²) in [4.78, 5) is 8.45. The Morgan fingerprint density at radius 2 is 2.05 bits per heavy atom. The van der Waals surface area contributed by atoms with E-state index in [0.29, 0.717) is 11.1 Å². The van der Waals surface area contributed by atoms with E-state index in [2.05, 4.69) is 36.1 Å². The Morgan fingerprint density at radius 3 is 2.74 bits per heavy atom. The second-order valence-electron chi connectivity index (χ2n) is 5.98. The number of nitrogens with one attached hydrogen (secondary N) is 1. The Morgan fingerprint density at radius 1 is 1.32 bits per heavy atom. The van der Waals surface area contributed by atoms with Gasteiger partial charge in [-0.2, -0.15) is 0 Å². The normalized spacial score (nSPS) is 23.6. The van der Waals surface area contributed by atoms with Crippen molar-refractivity contribution in [2.45, 2.75) is 52.4 Å². The lowest BCUT2D eigenvalue weighted by Crippen LogP contribution is -2.25. The third kappa shape index (κ3) is 3.59. The highest BCUT2D eigenvalue weighted by atomic mass is 35.5. The van der Waals surface area contributed by atoms with Gasteiger partial charge in [-0.25, -0.2) is 9.97 Å². The molecule has 0 aromatic carbocycles. The van der Waals surface area contributed by atoms with Crippen molar-refractivity contribution in [2.75, 3.05) is 11.9 Å². The van der Waals surface area contributed by atoms with Crippen molar-refractivity contribution >= 4 is 17.4 Å². The lowest BCUT2D eigenvalue weighted by molar-refractivity contribution is 0.268. The number of hydrogen-bond donors (Lipinski definition) is 1. The Labute approximate surface area is 121 Å². The predicted octanol–water partition coefficient (Wildman–Crippen LogP) is 4.49. The van der Waals surface area contributed by atoms with E-state index in [9.17, 15) is 0 Å². The highest BCUT2D eigenvalue weighted by Crippen LogP contribution is 2.31. The van der Waals surface area contributed by atoms with Crippen molar-refractivity contribution in [1.82, 2.24) is 9.97 Å². The highest BCUT2D eigenvalue weighted by molar-refractivity contribution is 6.30. The van der Waals surface area contributed by atoms with Crippen LogP contribution in [0.15, 0.2) is 6.33 Å². The Bertz CT molecular complexity index is 420. The van der Waals surface area contributed by atoms with Crippen molar-refractivity contribution in [3.63, 3.8) is 0 Å². The van der Waals surface area contributed by atoms with Gasteiger partial charge in [-0.3, -0.25) is 0 Å².